The lowest BCUT2D eigenvalue weighted by Crippen LogP contribution is -2.50. The highest BCUT2D eigenvalue weighted by Gasteiger charge is 2.42. The Balaban J connectivity index is 0.00000529. The van der Waals surface area contributed by atoms with Crippen LogP contribution in [0.2, 0.25) is 0 Å². The van der Waals surface area contributed by atoms with Crippen molar-refractivity contribution in [2.24, 2.45) is 17.1 Å². The summed E-state index contributed by atoms with van der Waals surface area (Å²) in [7, 11) is 3.47. The third-order valence-corrected chi connectivity index (χ3v) is 4.49. The summed E-state index contributed by atoms with van der Waals surface area (Å²) in [5.41, 5.74) is 5.22. The summed E-state index contributed by atoms with van der Waals surface area (Å²) in [5, 5.41) is 5.31. The van der Waals surface area contributed by atoms with Gasteiger partial charge in [0.15, 0.2) is 0 Å². The van der Waals surface area contributed by atoms with Crippen molar-refractivity contribution < 1.29 is 14.4 Å². The van der Waals surface area contributed by atoms with E-state index in [4.69, 9.17) is 5.73 Å². The second kappa shape index (κ2) is 9.84. The number of carbonyl (C=O) groups excluding carboxylic acids is 3. The molecule has 0 heterocycles. The smallest absolute Gasteiger partial charge is 0.239 e. The van der Waals surface area contributed by atoms with Gasteiger partial charge in [-0.1, -0.05) is 26.7 Å². The first-order valence-corrected chi connectivity index (χ1v) is 8.21. The Bertz CT molecular complexity index is 449. The van der Waals surface area contributed by atoms with E-state index in [2.05, 4.69) is 10.6 Å². The van der Waals surface area contributed by atoms with Crippen LogP contribution in [0.4, 0.5) is 0 Å². The molecule has 0 spiro atoms. The predicted octanol–water partition coefficient (Wildman–Crippen LogP) is 0.273. The first-order valence-electron chi connectivity index (χ1n) is 8.21. The maximum absolute atomic E-state index is 12.4. The second-order valence-electron chi connectivity index (χ2n) is 6.95. The van der Waals surface area contributed by atoms with Crippen molar-refractivity contribution in [3.05, 3.63) is 0 Å². The molecule has 0 radical (unpaired) electrons. The summed E-state index contributed by atoms with van der Waals surface area (Å²) in [4.78, 5) is 37.7. The maximum atomic E-state index is 12.4. The van der Waals surface area contributed by atoms with E-state index in [-0.39, 0.29) is 42.6 Å². The summed E-state index contributed by atoms with van der Waals surface area (Å²) >= 11 is 0. The fourth-order valence-electron chi connectivity index (χ4n) is 2.91. The first kappa shape index (κ1) is 22.7. The van der Waals surface area contributed by atoms with E-state index in [9.17, 15) is 14.4 Å². The number of hydrogen-bond acceptors (Lipinski definition) is 4. The molecule has 1 aliphatic rings. The maximum Gasteiger partial charge on any atom is 0.239 e. The molecule has 1 aliphatic carbocycles. The molecular weight excluding hydrogens is 332 g/mol. The lowest BCUT2D eigenvalue weighted by Gasteiger charge is -2.30. The number of hydrogen-bond donors (Lipinski definition) is 3. The largest absolute Gasteiger partial charge is 0.353 e. The van der Waals surface area contributed by atoms with Crippen molar-refractivity contribution >= 4 is 30.1 Å². The van der Waals surface area contributed by atoms with Crippen molar-refractivity contribution in [2.75, 3.05) is 27.2 Å². The van der Waals surface area contributed by atoms with Crippen molar-refractivity contribution in [3.8, 4) is 0 Å². The minimum Gasteiger partial charge on any atom is -0.353 e. The van der Waals surface area contributed by atoms with Crippen LogP contribution in [0.3, 0.4) is 0 Å². The average Bonchev–Trinajstić information content (AvgIpc) is 2.98. The van der Waals surface area contributed by atoms with Gasteiger partial charge in [0.05, 0.1) is 18.0 Å². The van der Waals surface area contributed by atoms with Gasteiger partial charge >= 0.3 is 0 Å². The molecule has 0 aromatic carbocycles. The van der Waals surface area contributed by atoms with Gasteiger partial charge in [0, 0.05) is 20.6 Å². The number of nitrogens with two attached hydrogens (primary N) is 1. The molecule has 1 fully saturated rings. The summed E-state index contributed by atoms with van der Waals surface area (Å²) in [6.07, 6.45) is 3.56. The monoisotopic (exact) mass is 362 g/mol. The molecular formula is C16H31ClN4O3. The molecule has 24 heavy (non-hydrogen) atoms. The Morgan fingerprint density at radius 3 is 2.12 bits per heavy atom. The second-order valence-corrected chi connectivity index (χ2v) is 6.95. The number of rotatable bonds is 7. The Hall–Kier alpha value is -1.34. The summed E-state index contributed by atoms with van der Waals surface area (Å²) in [6.45, 7) is 3.89. The van der Waals surface area contributed by atoms with Gasteiger partial charge < -0.3 is 21.3 Å². The highest BCUT2D eigenvalue weighted by Crippen LogP contribution is 2.38. The lowest BCUT2D eigenvalue weighted by molar-refractivity contribution is -0.139. The van der Waals surface area contributed by atoms with Crippen LogP contribution in [0.25, 0.3) is 0 Å². The number of amides is 3. The van der Waals surface area contributed by atoms with Crippen LogP contribution < -0.4 is 16.4 Å². The third-order valence-electron chi connectivity index (χ3n) is 4.49. The topological polar surface area (TPSA) is 105 Å². The molecule has 3 amide bonds. The molecule has 1 rings (SSSR count). The Kier molecular flexibility index (Phi) is 9.29. The van der Waals surface area contributed by atoms with Gasteiger partial charge in [0.1, 0.15) is 0 Å². The fourth-order valence-corrected chi connectivity index (χ4v) is 2.91. The zero-order valence-electron chi connectivity index (χ0n) is 15.1. The highest BCUT2D eigenvalue weighted by molar-refractivity contribution is 5.88. The molecule has 4 N–H and O–H groups in total. The van der Waals surface area contributed by atoms with E-state index in [1.165, 1.54) is 0 Å². The van der Waals surface area contributed by atoms with Gasteiger partial charge in [-0.3, -0.25) is 14.4 Å². The highest BCUT2D eigenvalue weighted by atomic mass is 35.5. The summed E-state index contributed by atoms with van der Waals surface area (Å²) in [6, 6.07) is -0.626. The minimum absolute atomic E-state index is 0. The molecule has 7 nitrogen and oxygen atoms in total. The standard InChI is InChI=1S/C16H30N4O3.ClH/c1-11(2)13(17)14(22)18-9-12(21)19-10-16(7-5-6-8-16)15(23)20(3)4;/h11,13H,5-10,17H2,1-4H3,(H,18,22)(H,19,21);1H/t13-;/m0./s1. The Morgan fingerprint density at radius 1 is 1.12 bits per heavy atom. The number of halogens is 1. The number of carbonyl (C=O) groups is 3. The van der Waals surface area contributed by atoms with Gasteiger partial charge in [-0.15, -0.1) is 12.4 Å². The van der Waals surface area contributed by atoms with Gasteiger partial charge in [0.25, 0.3) is 0 Å². The third kappa shape index (κ3) is 5.94. The first-order chi connectivity index (χ1) is 10.7. The van der Waals surface area contributed by atoms with Crippen LogP contribution in [0.5, 0.6) is 0 Å². The van der Waals surface area contributed by atoms with Crippen LogP contribution >= 0.6 is 12.4 Å². The Labute approximate surface area is 150 Å². The molecule has 0 saturated heterocycles. The number of nitrogens with zero attached hydrogens (tertiary/aromatic N) is 1. The molecule has 8 heteroatoms. The van der Waals surface area contributed by atoms with Crippen LogP contribution in [0.1, 0.15) is 39.5 Å². The molecule has 140 valence electrons. The fraction of sp³-hybridized carbons (Fsp3) is 0.812. The average molecular weight is 363 g/mol. The summed E-state index contributed by atoms with van der Waals surface area (Å²) in [5.74, 6) is -0.569. The molecule has 0 bridgehead atoms. The minimum atomic E-state index is -0.626. The van der Waals surface area contributed by atoms with E-state index in [1.807, 2.05) is 13.8 Å². The van der Waals surface area contributed by atoms with Gasteiger partial charge in [0.2, 0.25) is 17.7 Å². The predicted molar refractivity (Wildman–Crippen MR) is 95.7 cm³/mol. The zero-order valence-corrected chi connectivity index (χ0v) is 15.9. The van der Waals surface area contributed by atoms with Gasteiger partial charge in [-0.2, -0.15) is 0 Å². The van der Waals surface area contributed by atoms with Crippen molar-refractivity contribution in [3.63, 3.8) is 0 Å². The Morgan fingerprint density at radius 2 is 1.67 bits per heavy atom. The quantitative estimate of drug-likeness (QED) is 0.604. The SMILES string of the molecule is CC(C)[C@H](N)C(=O)NCC(=O)NCC1(C(=O)N(C)C)CCCC1.Cl. The van der Waals surface area contributed by atoms with Crippen LogP contribution in [-0.2, 0) is 14.4 Å². The van der Waals surface area contributed by atoms with Crippen LogP contribution in [0, 0.1) is 11.3 Å². The van der Waals surface area contributed by atoms with Crippen molar-refractivity contribution in [1.82, 2.24) is 15.5 Å². The molecule has 0 aliphatic heterocycles. The van der Waals surface area contributed by atoms with Crippen molar-refractivity contribution in [2.45, 2.75) is 45.6 Å². The normalized spacial score (nSPS) is 16.9. The molecule has 1 atom stereocenters. The van der Waals surface area contributed by atoms with Crippen molar-refractivity contribution in [1.29, 1.82) is 0 Å². The van der Waals surface area contributed by atoms with Gasteiger partial charge in [-0.25, -0.2) is 0 Å². The van der Waals surface area contributed by atoms with Gasteiger partial charge in [-0.05, 0) is 18.8 Å². The van der Waals surface area contributed by atoms with E-state index in [1.54, 1.807) is 19.0 Å². The van der Waals surface area contributed by atoms with Crippen LogP contribution in [0.15, 0.2) is 0 Å². The van der Waals surface area contributed by atoms with E-state index < -0.39 is 11.5 Å². The zero-order chi connectivity index (χ0) is 17.6. The van der Waals surface area contributed by atoms with Crippen LogP contribution in [-0.4, -0.2) is 55.8 Å². The number of nitrogens with one attached hydrogen (secondary N) is 2. The van der Waals surface area contributed by atoms with E-state index >= 15 is 0 Å². The molecule has 0 unspecified atom stereocenters. The molecule has 0 aromatic heterocycles. The van der Waals surface area contributed by atoms with E-state index in [0.717, 1.165) is 25.7 Å². The lowest BCUT2D eigenvalue weighted by atomic mass is 9.84. The molecule has 1 saturated carbocycles. The molecule has 0 aromatic rings. The summed E-state index contributed by atoms with van der Waals surface area (Å²) < 4.78 is 0. The van der Waals surface area contributed by atoms with E-state index in [0.29, 0.717) is 6.54 Å².